The minimum atomic E-state index is -0.657. The molecular formula is C20H25N5O2. The minimum Gasteiger partial charge on any atom is -0.347 e. The van der Waals surface area contributed by atoms with Gasteiger partial charge in [0, 0.05) is 25.1 Å². The van der Waals surface area contributed by atoms with Gasteiger partial charge in [0.15, 0.2) is 0 Å². The second-order valence-corrected chi connectivity index (χ2v) is 7.45. The number of benzene rings is 1. The van der Waals surface area contributed by atoms with Crippen molar-refractivity contribution in [3.63, 3.8) is 0 Å². The molecule has 0 radical (unpaired) electrons. The molecule has 1 aromatic carbocycles. The number of anilines is 1. The normalized spacial score (nSPS) is 19.6. The zero-order valence-electron chi connectivity index (χ0n) is 15.7. The van der Waals surface area contributed by atoms with Gasteiger partial charge in [-0.15, -0.1) is 0 Å². The summed E-state index contributed by atoms with van der Waals surface area (Å²) in [5.41, 5.74) is 2.32. The Balaban J connectivity index is 1.55. The molecule has 1 unspecified atom stereocenters. The molecule has 0 aliphatic carbocycles. The average Bonchev–Trinajstić information content (AvgIpc) is 3.31. The summed E-state index contributed by atoms with van der Waals surface area (Å²) >= 11 is 0. The molecule has 1 saturated heterocycles. The van der Waals surface area contributed by atoms with Gasteiger partial charge in [-0.1, -0.05) is 12.1 Å². The molecule has 2 aliphatic heterocycles. The van der Waals surface area contributed by atoms with Gasteiger partial charge >= 0.3 is 0 Å². The lowest BCUT2D eigenvalue weighted by Crippen LogP contribution is -2.55. The summed E-state index contributed by atoms with van der Waals surface area (Å²) in [5.74, 6) is 0.0973. The second-order valence-electron chi connectivity index (χ2n) is 7.45. The molecule has 2 N–H and O–H groups in total. The zero-order valence-corrected chi connectivity index (χ0v) is 15.7. The van der Waals surface area contributed by atoms with Gasteiger partial charge in [0.2, 0.25) is 11.8 Å². The Morgan fingerprint density at radius 3 is 2.81 bits per heavy atom. The van der Waals surface area contributed by atoms with E-state index in [1.54, 1.807) is 22.8 Å². The fraction of sp³-hybridized carbons (Fsp3) is 0.450. The fourth-order valence-corrected chi connectivity index (χ4v) is 4.10. The Morgan fingerprint density at radius 1 is 1.33 bits per heavy atom. The molecule has 2 aromatic rings. The number of hydrogen-bond acceptors (Lipinski definition) is 4. The number of aromatic nitrogens is 2. The topological polar surface area (TPSA) is 79.3 Å². The maximum atomic E-state index is 13.3. The van der Waals surface area contributed by atoms with E-state index in [0.29, 0.717) is 19.3 Å². The second kappa shape index (κ2) is 6.81. The zero-order chi connectivity index (χ0) is 19.0. The van der Waals surface area contributed by atoms with Crippen LogP contribution in [0.2, 0.25) is 0 Å². The molecule has 1 fully saturated rings. The molecule has 4 rings (SSSR count). The highest BCUT2D eigenvalue weighted by molar-refractivity contribution is 6.01. The van der Waals surface area contributed by atoms with Crippen molar-refractivity contribution in [1.29, 1.82) is 0 Å². The van der Waals surface area contributed by atoms with Crippen LogP contribution in [0.15, 0.2) is 36.7 Å². The van der Waals surface area contributed by atoms with Gasteiger partial charge in [0.1, 0.15) is 5.54 Å². The van der Waals surface area contributed by atoms with Crippen molar-refractivity contribution in [3.8, 4) is 0 Å². The Labute approximate surface area is 158 Å². The van der Waals surface area contributed by atoms with Crippen molar-refractivity contribution in [1.82, 2.24) is 20.4 Å². The van der Waals surface area contributed by atoms with Gasteiger partial charge in [-0.25, -0.2) is 0 Å². The number of nitrogens with one attached hydrogen (secondary N) is 2. The van der Waals surface area contributed by atoms with Crippen LogP contribution in [0.3, 0.4) is 0 Å². The molecule has 0 saturated carbocycles. The Hall–Kier alpha value is -2.67. The third kappa shape index (κ3) is 3.02. The van der Waals surface area contributed by atoms with Crippen molar-refractivity contribution in [2.45, 2.75) is 37.8 Å². The first-order valence-electron chi connectivity index (χ1n) is 9.42. The quantitative estimate of drug-likeness (QED) is 0.855. The lowest BCUT2D eigenvalue weighted by atomic mass is 9.87. The maximum Gasteiger partial charge on any atom is 0.248 e. The molecule has 1 aromatic heterocycles. The van der Waals surface area contributed by atoms with Gasteiger partial charge in [-0.3, -0.25) is 14.3 Å². The van der Waals surface area contributed by atoms with Crippen LogP contribution in [0.25, 0.3) is 0 Å². The van der Waals surface area contributed by atoms with Gasteiger partial charge in [-0.2, -0.15) is 5.10 Å². The lowest BCUT2D eigenvalue weighted by Gasteiger charge is -2.37. The van der Waals surface area contributed by atoms with Crippen molar-refractivity contribution in [2.75, 3.05) is 25.0 Å². The summed E-state index contributed by atoms with van der Waals surface area (Å²) in [7, 11) is 1.80. The molecule has 2 amide bonds. The van der Waals surface area contributed by atoms with Crippen molar-refractivity contribution < 1.29 is 9.59 Å². The average molecular weight is 367 g/mol. The van der Waals surface area contributed by atoms with Crippen LogP contribution in [0, 0.1) is 0 Å². The van der Waals surface area contributed by atoms with Crippen LogP contribution in [0.4, 0.5) is 5.69 Å². The van der Waals surface area contributed by atoms with E-state index in [0.717, 1.165) is 29.9 Å². The first-order valence-corrected chi connectivity index (χ1v) is 9.42. The van der Waals surface area contributed by atoms with Crippen LogP contribution < -0.4 is 15.5 Å². The number of rotatable bonds is 4. The Kier molecular flexibility index (Phi) is 4.47. The van der Waals surface area contributed by atoms with E-state index < -0.39 is 5.54 Å². The molecule has 1 atom stereocenters. The van der Waals surface area contributed by atoms with E-state index >= 15 is 0 Å². The number of carbonyl (C=O) groups is 2. The first-order chi connectivity index (χ1) is 13.0. The third-order valence-corrected chi connectivity index (χ3v) is 5.82. The number of piperidine rings is 1. The van der Waals surface area contributed by atoms with Crippen LogP contribution >= 0.6 is 0 Å². The fourth-order valence-electron chi connectivity index (χ4n) is 4.10. The standard InChI is InChI=1S/C20H25N5O2/c1-14(15-4-5-17-16(12-15)13-18(26)24(17)2)23-19(27)20(6-9-21-10-7-20)25-11-3-8-22-25/h3-5,8,11-12,14,21H,6-7,9-10,13H2,1-2H3,(H,23,27). The van der Waals surface area contributed by atoms with Crippen LogP contribution in [-0.4, -0.2) is 41.7 Å². The molecule has 0 bridgehead atoms. The van der Waals surface area contributed by atoms with Gasteiger partial charge in [0.05, 0.1) is 12.5 Å². The SMILES string of the molecule is CC(NC(=O)C1(n2cccn2)CCNCC1)c1ccc2c(c1)CC(=O)N2C. The van der Waals surface area contributed by atoms with Crippen molar-refractivity contribution in [3.05, 3.63) is 47.8 Å². The van der Waals surface area contributed by atoms with Crippen LogP contribution in [0.1, 0.15) is 36.9 Å². The molecule has 0 spiro atoms. The summed E-state index contributed by atoms with van der Waals surface area (Å²) in [4.78, 5) is 26.9. The van der Waals surface area contributed by atoms with E-state index in [1.165, 1.54) is 0 Å². The largest absolute Gasteiger partial charge is 0.347 e. The van der Waals surface area contributed by atoms with Crippen LogP contribution in [-0.2, 0) is 21.5 Å². The number of hydrogen-bond donors (Lipinski definition) is 2. The van der Waals surface area contributed by atoms with E-state index in [1.807, 2.05) is 37.4 Å². The molecule has 142 valence electrons. The highest BCUT2D eigenvalue weighted by Gasteiger charge is 2.42. The molecule has 27 heavy (non-hydrogen) atoms. The van der Waals surface area contributed by atoms with Gasteiger partial charge in [-0.05, 0) is 56.1 Å². The lowest BCUT2D eigenvalue weighted by molar-refractivity contribution is -0.132. The summed E-state index contributed by atoms with van der Waals surface area (Å²) in [6.07, 6.45) is 5.41. The maximum absolute atomic E-state index is 13.3. The predicted molar refractivity (Wildman–Crippen MR) is 102 cm³/mol. The number of fused-ring (bicyclic) bond motifs is 1. The predicted octanol–water partition coefficient (Wildman–Crippen LogP) is 1.36. The number of likely N-dealkylation sites (N-methyl/N-ethyl adjacent to an activating group) is 1. The first kappa shape index (κ1) is 17.7. The Bertz CT molecular complexity index is 855. The number of carbonyl (C=O) groups excluding carboxylic acids is 2. The van der Waals surface area contributed by atoms with E-state index in [9.17, 15) is 9.59 Å². The Morgan fingerprint density at radius 2 is 2.11 bits per heavy atom. The van der Waals surface area contributed by atoms with Gasteiger partial charge in [0.25, 0.3) is 0 Å². The highest BCUT2D eigenvalue weighted by atomic mass is 16.2. The van der Waals surface area contributed by atoms with Crippen LogP contribution in [0.5, 0.6) is 0 Å². The molecular weight excluding hydrogens is 342 g/mol. The smallest absolute Gasteiger partial charge is 0.248 e. The minimum absolute atomic E-state index is 0.00565. The van der Waals surface area contributed by atoms with E-state index in [2.05, 4.69) is 15.7 Å². The van der Waals surface area contributed by atoms with Gasteiger partial charge < -0.3 is 15.5 Å². The summed E-state index contributed by atoms with van der Waals surface area (Å²) in [6.45, 7) is 3.56. The monoisotopic (exact) mass is 367 g/mol. The molecule has 3 heterocycles. The summed E-state index contributed by atoms with van der Waals surface area (Å²) in [5, 5.41) is 10.9. The molecule has 7 nitrogen and oxygen atoms in total. The number of amides is 2. The van der Waals surface area contributed by atoms with Crippen molar-refractivity contribution in [2.24, 2.45) is 0 Å². The highest BCUT2D eigenvalue weighted by Crippen LogP contribution is 2.31. The third-order valence-electron chi connectivity index (χ3n) is 5.82. The molecule has 2 aliphatic rings. The summed E-state index contributed by atoms with van der Waals surface area (Å²) in [6, 6.07) is 7.69. The van der Waals surface area contributed by atoms with E-state index in [-0.39, 0.29) is 17.9 Å². The van der Waals surface area contributed by atoms with E-state index in [4.69, 9.17) is 0 Å². The molecule has 7 heteroatoms. The van der Waals surface area contributed by atoms with Crippen molar-refractivity contribution >= 4 is 17.5 Å². The summed E-state index contributed by atoms with van der Waals surface area (Å²) < 4.78 is 1.80. The number of nitrogens with zero attached hydrogens (tertiary/aromatic N) is 3.